The van der Waals surface area contributed by atoms with E-state index >= 15 is 0 Å². The van der Waals surface area contributed by atoms with Crippen LogP contribution >= 0.6 is 0 Å². The minimum Gasteiger partial charge on any atom is -0.326 e. The molecule has 0 aliphatic rings. The first kappa shape index (κ1) is 17.0. The highest BCUT2D eigenvalue weighted by Gasteiger charge is 2.08. The predicted molar refractivity (Wildman–Crippen MR) is 109 cm³/mol. The van der Waals surface area contributed by atoms with Gasteiger partial charge in [-0.3, -0.25) is 4.79 Å². The summed E-state index contributed by atoms with van der Waals surface area (Å²) in [5, 5.41) is 2.99. The standard InChI is InChI=1S/C23H21N3O/c1-16-5-3-6-18(11-16)13-23(27)24-20-8-4-7-19(14-20)21-15-26-10-9-17(2)12-22(26)25-21/h3-12,14-15H,13H2,1-2H3,(H,24,27). The van der Waals surface area contributed by atoms with Crippen LogP contribution < -0.4 is 5.32 Å². The lowest BCUT2D eigenvalue weighted by atomic mass is 10.1. The van der Waals surface area contributed by atoms with Gasteiger partial charge in [0.05, 0.1) is 12.1 Å². The maximum absolute atomic E-state index is 12.4. The smallest absolute Gasteiger partial charge is 0.228 e. The minimum absolute atomic E-state index is 0.0247. The van der Waals surface area contributed by atoms with Crippen molar-refractivity contribution in [3.63, 3.8) is 0 Å². The van der Waals surface area contributed by atoms with E-state index in [0.717, 1.165) is 33.7 Å². The third-order valence-corrected chi connectivity index (χ3v) is 4.50. The molecule has 0 radical (unpaired) electrons. The largest absolute Gasteiger partial charge is 0.326 e. The van der Waals surface area contributed by atoms with E-state index in [1.807, 2.05) is 72.2 Å². The normalized spacial score (nSPS) is 10.9. The zero-order valence-electron chi connectivity index (χ0n) is 15.4. The van der Waals surface area contributed by atoms with Crippen molar-refractivity contribution < 1.29 is 4.79 Å². The minimum atomic E-state index is -0.0247. The number of carbonyl (C=O) groups excluding carboxylic acids is 1. The molecule has 134 valence electrons. The van der Waals surface area contributed by atoms with Crippen LogP contribution in [0.1, 0.15) is 16.7 Å². The number of carbonyl (C=O) groups is 1. The fraction of sp³-hybridized carbons (Fsp3) is 0.130. The molecule has 0 fully saturated rings. The number of anilines is 1. The monoisotopic (exact) mass is 355 g/mol. The zero-order valence-corrected chi connectivity index (χ0v) is 15.4. The van der Waals surface area contributed by atoms with Crippen molar-refractivity contribution in [3.8, 4) is 11.3 Å². The van der Waals surface area contributed by atoms with Crippen LogP contribution in [0.25, 0.3) is 16.9 Å². The van der Waals surface area contributed by atoms with Crippen molar-refractivity contribution in [2.45, 2.75) is 20.3 Å². The van der Waals surface area contributed by atoms with E-state index in [4.69, 9.17) is 4.98 Å². The first-order valence-corrected chi connectivity index (χ1v) is 8.98. The van der Waals surface area contributed by atoms with Crippen LogP contribution in [0.5, 0.6) is 0 Å². The third-order valence-electron chi connectivity index (χ3n) is 4.50. The SMILES string of the molecule is Cc1cccc(CC(=O)Nc2cccc(-c3cn4ccc(C)cc4n3)c2)c1. The Bertz CT molecular complexity index is 1130. The molecule has 1 amide bonds. The highest BCUT2D eigenvalue weighted by molar-refractivity contribution is 5.92. The van der Waals surface area contributed by atoms with Crippen molar-refractivity contribution in [2.24, 2.45) is 0 Å². The summed E-state index contributed by atoms with van der Waals surface area (Å²) in [4.78, 5) is 17.1. The van der Waals surface area contributed by atoms with Crippen molar-refractivity contribution in [3.05, 3.63) is 89.7 Å². The van der Waals surface area contributed by atoms with E-state index in [9.17, 15) is 4.79 Å². The molecule has 0 bridgehead atoms. The summed E-state index contributed by atoms with van der Waals surface area (Å²) in [5.74, 6) is -0.0247. The van der Waals surface area contributed by atoms with Gasteiger partial charge in [-0.05, 0) is 49.2 Å². The number of aryl methyl sites for hydroxylation is 2. The van der Waals surface area contributed by atoms with E-state index in [0.29, 0.717) is 6.42 Å². The molecular weight excluding hydrogens is 334 g/mol. The molecular formula is C23H21N3O. The summed E-state index contributed by atoms with van der Waals surface area (Å²) in [6.07, 6.45) is 4.37. The Morgan fingerprint density at radius 2 is 1.81 bits per heavy atom. The molecule has 2 heterocycles. The van der Waals surface area contributed by atoms with E-state index in [2.05, 4.69) is 24.4 Å². The average molecular weight is 355 g/mol. The molecule has 1 N–H and O–H groups in total. The maximum atomic E-state index is 12.4. The van der Waals surface area contributed by atoms with E-state index in [1.54, 1.807) is 0 Å². The average Bonchev–Trinajstić information content (AvgIpc) is 3.05. The number of nitrogens with zero attached hydrogens (tertiary/aromatic N) is 2. The molecule has 0 aliphatic carbocycles. The van der Waals surface area contributed by atoms with Crippen LogP contribution in [-0.4, -0.2) is 15.3 Å². The van der Waals surface area contributed by atoms with Gasteiger partial charge in [0, 0.05) is 23.6 Å². The van der Waals surface area contributed by atoms with Gasteiger partial charge in [0.25, 0.3) is 0 Å². The van der Waals surface area contributed by atoms with Crippen molar-refractivity contribution in [1.29, 1.82) is 0 Å². The Kier molecular flexibility index (Phi) is 4.47. The van der Waals surface area contributed by atoms with Gasteiger partial charge in [-0.25, -0.2) is 4.98 Å². The van der Waals surface area contributed by atoms with Crippen LogP contribution in [0.15, 0.2) is 73.1 Å². The first-order valence-electron chi connectivity index (χ1n) is 8.98. The topological polar surface area (TPSA) is 46.4 Å². The molecule has 4 heteroatoms. The van der Waals surface area contributed by atoms with E-state index in [-0.39, 0.29) is 5.91 Å². The maximum Gasteiger partial charge on any atom is 0.228 e. The number of hydrogen-bond donors (Lipinski definition) is 1. The summed E-state index contributed by atoms with van der Waals surface area (Å²) in [5.41, 5.74) is 6.90. The molecule has 2 aromatic heterocycles. The Hall–Kier alpha value is -3.40. The number of imidazole rings is 1. The van der Waals surface area contributed by atoms with Crippen LogP contribution in [-0.2, 0) is 11.2 Å². The van der Waals surface area contributed by atoms with Crippen LogP contribution in [0.3, 0.4) is 0 Å². The van der Waals surface area contributed by atoms with Gasteiger partial charge in [0.15, 0.2) is 0 Å². The van der Waals surface area contributed by atoms with Gasteiger partial charge in [-0.1, -0.05) is 42.0 Å². The van der Waals surface area contributed by atoms with E-state index in [1.165, 1.54) is 5.56 Å². The number of fused-ring (bicyclic) bond motifs is 1. The van der Waals surface area contributed by atoms with Gasteiger partial charge in [-0.2, -0.15) is 0 Å². The molecule has 4 rings (SSSR count). The number of rotatable bonds is 4. The van der Waals surface area contributed by atoms with Crippen LogP contribution in [0, 0.1) is 13.8 Å². The molecule has 0 saturated carbocycles. The highest BCUT2D eigenvalue weighted by Crippen LogP contribution is 2.23. The molecule has 0 unspecified atom stereocenters. The molecule has 0 atom stereocenters. The Labute approximate surface area is 158 Å². The molecule has 4 aromatic rings. The second-order valence-electron chi connectivity index (χ2n) is 6.89. The molecule has 0 aliphatic heterocycles. The van der Waals surface area contributed by atoms with Gasteiger partial charge in [0.2, 0.25) is 5.91 Å². The van der Waals surface area contributed by atoms with Crippen LogP contribution in [0.4, 0.5) is 5.69 Å². The van der Waals surface area contributed by atoms with E-state index < -0.39 is 0 Å². The Morgan fingerprint density at radius 1 is 1.00 bits per heavy atom. The lowest BCUT2D eigenvalue weighted by molar-refractivity contribution is -0.115. The lowest BCUT2D eigenvalue weighted by Gasteiger charge is -2.07. The molecule has 2 aromatic carbocycles. The predicted octanol–water partition coefficient (Wildman–Crippen LogP) is 4.80. The lowest BCUT2D eigenvalue weighted by Crippen LogP contribution is -2.14. The molecule has 27 heavy (non-hydrogen) atoms. The molecule has 4 nitrogen and oxygen atoms in total. The number of benzene rings is 2. The summed E-state index contributed by atoms with van der Waals surface area (Å²) >= 11 is 0. The van der Waals surface area contributed by atoms with Gasteiger partial charge < -0.3 is 9.72 Å². The zero-order chi connectivity index (χ0) is 18.8. The Morgan fingerprint density at radius 3 is 2.67 bits per heavy atom. The first-order chi connectivity index (χ1) is 13.1. The quantitative estimate of drug-likeness (QED) is 0.571. The molecule has 0 spiro atoms. The van der Waals surface area contributed by atoms with Gasteiger partial charge in [-0.15, -0.1) is 0 Å². The number of hydrogen-bond acceptors (Lipinski definition) is 2. The van der Waals surface area contributed by atoms with Crippen molar-refractivity contribution >= 4 is 17.2 Å². The highest BCUT2D eigenvalue weighted by atomic mass is 16.1. The third kappa shape index (κ3) is 3.90. The van der Waals surface area contributed by atoms with Crippen molar-refractivity contribution in [2.75, 3.05) is 5.32 Å². The number of amides is 1. The van der Waals surface area contributed by atoms with Crippen LogP contribution in [0.2, 0.25) is 0 Å². The van der Waals surface area contributed by atoms with Gasteiger partial charge in [0.1, 0.15) is 5.65 Å². The van der Waals surface area contributed by atoms with Gasteiger partial charge >= 0.3 is 0 Å². The summed E-state index contributed by atoms with van der Waals surface area (Å²) < 4.78 is 2.01. The molecule has 0 saturated heterocycles. The second kappa shape index (κ2) is 7.08. The second-order valence-corrected chi connectivity index (χ2v) is 6.89. The van der Waals surface area contributed by atoms with Crippen molar-refractivity contribution in [1.82, 2.24) is 9.38 Å². The number of pyridine rings is 1. The number of aromatic nitrogens is 2. The fourth-order valence-electron chi connectivity index (χ4n) is 3.19. The number of nitrogens with one attached hydrogen (secondary N) is 1. The summed E-state index contributed by atoms with van der Waals surface area (Å²) in [7, 11) is 0. The summed E-state index contributed by atoms with van der Waals surface area (Å²) in [6.45, 7) is 4.08. The summed E-state index contributed by atoms with van der Waals surface area (Å²) in [6, 6.07) is 19.9. The fourth-order valence-corrected chi connectivity index (χ4v) is 3.19. The Balaban J connectivity index is 1.53.